The van der Waals surface area contributed by atoms with E-state index >= 15 is 0 Å². The van der Waals surface area contributed by atoms with Gasteiger partial charge in [0.05, 0.1) is 6.42 Å². The van der Waals surface area contributed by atoms with Crippen LogP contribution in [-0.2, 0) is 19.2 Å². The fraction of sp³-hybridized carbons (Fsp3) is 0.600. The summed E-state index contributed by atoms with van der Waals surface area (Å²) in [6.45, 7) is 2.98. The third-order valence-corrected chi connectivity index (χ3v) is 7.00. The van der Waals surface area contributed by atoms with Crippen molar-refractivity contribution in [1.29, 1.82) is 0 Å². The Labute approximate surface area is 162 Å². The van der Waals surface area contributed by atoms with Gasteiger partial charge >= 0.3 is 5.97 Å². The number of aliphatic carboxylic acids is 1. The Morgan fingerprint density at radius 3 is 2.78 bits per heavy atom. The van der Waals surface area contributed by atoms with E-state index in [2.05, 4.69) is 15.5 Å². The molecule has 2 unspecified atom stereocenters. The van der Waals surface area contributed by atoms with Crippen LogP contribution in [0.1, 0.15) is 19.2 Å². The molecule has 10 nitrogen and oxygen atoms in total. The van der Waals surface area contributed by atoms with Crippen LogP contribution in [0.25, 0.3) is 0 Å². The molecule has 1 aromatic rings. The van der Waals surface area contributed by atoms with Crippen LogP contribution >= 0.6 is 23.5 Å². The Kier molecular flexibility index (Phi) is 5.47. The minimum Gasteiger partial charge on any atom is -0.481 e. The standard InChI is InChI=1S/C15H18N4O6S2/c1-7(20)3-9(21)16-10-11(22)19-4-15(13(23)24,5-26-12(10)19)6-27-14-18-17-8(2)25-14/h10,12H,3-6H2,1-2H3,(H,16,21)(H,23,24)/t10?,12-,15?/m1/s1. The highest BCUT2D eigenvalue weighted by atomic mass is 32.2. The summed E-state index contributed by atoms with van der Waals surface area (Å²) in [6, 6.07) is -0.722. The zero-order chi connectivity index (χ0) is 19.8. The van der Waals surface area contributed by atoms with Gasteiger partial charge in [-0.1, -0.05) is 11.8 Å². The van der Waals surface area contributed by atoms with Gasteiger partial charge in [-0.15, -0.1) is 22.0 Å². The highest BCUT2D eigenvalue weighted by molar-refractivity contribution is 8.00. The second-order valence-corrected chi connectivity index (χ2v) is 8.58. The van der Waals surface area contributed by atoms with Crippen molar-refractivity contribution in [2.75, 3.05) is 18.1 Å². The predicted octanol–water partition coefficient (Wildman–Crippen LogP) is -0.0799. The van der Waals surface area contributed by atoms with E-state index < -0.39 is 23.3 Å². The van der Waals surface area contributed by atoms with Crippen LogP contribution in [0, 0.1) is 12.3 Å². The van der Waals surface area contributed by atoms with E-state index in [-0.39, 0.29) is 46.8 Å². The third-order valence-electron chi connectivity index (χ3n) is 4.30. The number of ketones is 1. The molecular formula is C15H18N4O6S2. The van der Waals surface area contributed by atoms with Gasteiger partial charge in [0.1, 0.15) is 22.6 Å². The number of Topliss-reactive ketones (excluding diaryl/α,β-unsaturated/α-hetero) is 1. The molecule has 3 heterocycles. The summed E-state index contributed by atoms with van der Waals surface area (Å²) in [5.74, 6) is -1.29. The fourth-order valence-electron chi connectivity index (χ4n) is 2.89. The van der Waals surface area contributed by atoms with Crippen molar-refractivity contribution in [2.45, 2.75) is 36.9 Å². The van der Waals surface area contributed by atoms with Gasteiger partial charge < -0.3 is 19.7 Å². The maximum Gasteiger partial charge on any atom is 0.313 e. The molecule has 2 amide bonds. The van der Waals surface area contributed by atoms with Gasteiger partial charge in [0.15, 0.2) is 0 Å². The number of β-lactam (4-membered cyclic amide) rings is 1. The number of hydrogen-bond donors (Lipinski definition) is 2. The molecule has 0 spiro atoms. The van der Waals surface area contributed by atoms with Crippen LogP contribution < -0.4 is 5.32 Å². The number of amides is 2. The lowest BCUT2D eigenvalue weighted by atomic mass is 9.89. The number of carboxylic acids is 1. The first-order valence-corrected chi connectivity index (χ1v) is 10.1. The minimum absolute atomic E-state index is 0.0397. The first-order chi connectivity index (χ1) is 12.7. The zero-order valence-electron chi connectivity index (χ0n) is 14.6. The molecule has 12 heteroatoms. The lowest BCUT2D eigenvalue weighted by molar-refractivity contribution is -0.157. The zero-order valence-corrected chi connectivity index (χ0v) is 16.3. The Hall–Kier alpha value is -2.08. The number of carbonyl (C=O) groups is 4. The van der Waals surface area contributed by atoms with E-state index in [1.54, 1.807) is 6.92 Å². The Bertz CT molecular complexity index is 799. The number of carbonyl (C=O) groups excluding carboxylic acids is 3. The van der Waals surface area contributed by atoms with Gasteiger partial charge in [0.25, 0.3) is 5.22 Å². The summed E-state index contributed by atoms with van der Waals surface area (Å²) in [4.78, 5) is 48.5. The first-order valence-electron chi connectivity index (χ1n) is 8.09. The Morgan fingerprint density at radius 1 is 1.44 bits per heavy atom. The largest absolute Gasteiger partial charge is 0.481 e. The van der Waals surface area contributed by atoms with Gasteiger partial charge in [-0.05, 0) is 6.92 Å². The number of rotatable bonds is 7. The second-order valence-electron chi connectivity index (χ2n) is 6.55. The van der Waals surface area contributed by atoms with Crippen molar-refractivity contribution in [1.82, 2.24) is 20.4 Å². The number of aromatic nitrogens is 2. The van der Waals surface area contributed by atoms with Crippen LogP contribution in [0.2, 0.25) is 0 Å². The van der Waals surface area contributed by atoms with Gasteiger partial charge in [0.2, 0.25) is 17.7 Å². The maximum absolute atomic E-state index is 12.4. The summed E-state index contributed by atoms with van der Waals surface area (Å²) in [7, 11) is 0. The van der Waals surface area contributed by atoms with Crippen LogP contribution in [0.5, 0.6) is 0 Å². The number of hydrogen-bond acceptors (Lipinski definition) is 9. The lowest BCUT2D eigenvalue weighted by Crippen LogP contribution is -2.74. The molecule has 1 aromatic heterocycles. The first kappa shape index (κ1) is 19.7. The predicted molar refractivity (Wildman–Crippen MR) is 95.0 cm³/mol. The molecule has 2 saturated heterocycles. The molecule has 3 rings (SSSR count). The van der Waals surface area contributed by atoms with Crippen molar-refractivity contribution in [3.8, 4) is 0 Å². The highest BCUT2D eigenvalue weighted by Crippen LogP contribution is 2.44. The van der Waals surface area contributed by atoms with Crippen molar-refractivity contribution in [3.63, 3.8) is 0 Å². The molecular weight excluding hydrogens is 396 g/mol. The normalized spacial score (nSPS) is 26.9. The maximum atomic E-state index is 12.4. The average Bonchev–Trinajstić information content (AvgIpc) is 3.02. The lowest BCUT2D eigenvalue weighted by Gasteiger charge is -2.53. The molecule has 0 bridgehead atoms. The Balaban J connectivity index is 1.63. The van der Waals surface area contributed by atoms with E-state index in [1.165, 1.54) is 23.6 Å². The fourth-order valence-corrected chi connectivity index (χ4v) is 5.56. The molecule has 0 radical (unpaired) electrons. The van der Waals surface area contributed by atoms with Crippen LogP contribution in [0.15, 0.2) is 9.64 Å². The number of nitrogens with one attached hydrogen (secondary N) is 1. The molecule has 27 heavy (non-hydrogen) atoms. The summed E-state index contributed by atoms with van der Waals surface area (Å²) in [6.07, 6.45) is -0.277. The molecule has 3 atom stereocenters. The van der Waals surface area contributed by atoms with E-state index in [0.717, 1.165) is 11.8 Å². The number of fused-ring (bicyclic) bond motifs is 1. The van der Waals surface area contributed by atoms with Crippen molar-refractivity contribution >= 4 is 47.1 Å². The van der Waals surface area contributed by atoms with Gasteiger partial charge in [-0.25, -0.2) is 0 Å². The monoisotopic (exact) mass is 414 g/mol. The molecule has 146 valence electrons. The van der Waals surface area contributed by atoms with Crippen LogP contribution in [0.3, 0.4) is 0 Å². The molecule has 0 aromatic carbocycles. The topological polar surface area (TPSA) is 143 Å². The molecule has 2 fully saturated rings. The molecule has 2 N–H and O–H groups in total. The summed E-state index contributed by atoms with van der Waals surface area (Å²) >= 11 is 2.45. The molecule has 2 aliphatic rings. The summed E-state index contributed by atoms with van der Waals surface area (Å²) in [5.41, 5.74) is -1.15. The van der Waals surface area contributed by atoms with Crippen molar-refractivity contribution in [3.05, 3.63) is 5.89 Å². The summed E-state index contributed by atoms with van der Waals surface area (Å²) < 4.78 is 5.26. The van der Waals surface area contributed by atoms with Gasteiger partial charge in [0, 0.05) is 25.0 Å². The molecule has 2 aliphatic heterocycles. The van der Waals surface area contributed by atoms with Crippen molar-refractivity contribution < 1.29 is 28.7 Å². The Morgan fingerprint density at radius 2 is 2.19 bits per heavy atom. The average molecular weight is 414 g/mol. The van der Waals surface area contributed by atoms with E-state index in [4.69, 9.17) is 4.42 Å². The van der Waals surface area contributed by atoms with E-state index in [0.29, 0.717) is 5.89 Å². The number of aryl methyl sites for hydroxylation is 1. The number of thioether (sulfide) groups is 2. The quantitative estimate of drug-likeness (QED) is 0.353. The third kappa shape index (κ3) is 3.95. The van der Waals surface area contributed by atoms with Gasteiger partial charge in [-0.2, -0.15) is 0 Å². The van der Waals surface area contributed by atoms with Crippen LogP contribution in [0.4, 0.5) is 0 Å². The number of carboxylic acid groups (broad SMARTS) is 1. The minimum atomic E-state index is -1.15. The summed E-state index contributed by atoms with van der Waals surface area (Å²) in [5, 5.41) is 19.8. The van der Waals surface area contributed by atoms with E-state index in [9.17, 15) is 24.3 Å². The SMILES string of the molecule is CC(=O)CC(=O)NC1C(=O)N2CC(CSc3nnc(C)o3)(C(=O)O)CS[C@H]12. The molecule has 0 aliphatic carbocycles. The molecule has 0 saturated carbocycles. The smallest absolute Gasteiger partial charge is 0.313 e. The highest BCUT2D eigenvalue weighted by Gasteiger charge is 2.57. The van der Waals surface area contributed by atoms with E-state index in [1.807, 2.05) is 0 Å². The van der Waals surface area contributed by atoms with Crippen LogP contribution in [-0.4, -0.2) is 73.2 Å². The van der Waals surface area contributed by atoms with Gasteiger partial charge in [-0.3, -0.25) is 19.2 Å². The second kappa shape index (κ2) is 7.50. The van der Waals surface area contributed by atoms with Crippen molar-refractivity contribution in [2.24, 2.45) is 5.41 Å². The number of nitrogens with zero attached hydrogens (tertiary/aromatic N) is 3.